The van der Waals surface area contributed by atoms with Crippen molar-refractivity contribution in [3.05, 3.63) is 71.6 Å². The number of hydrogen-bond acceptors (Lipinski definition) is 6. The van der Waals surface area contributed by atoms with Gasteiger partial charge in [0.2, 0.25) is 0 Å². The molecular formula is C18H12F4N8O. The molecule has 9 nitrogen and oxygen atoms in total. The van der Waals surface area contributed by atoms with Crippen molar-refractivity contribution in [3.8, 4) is 11.4 Å². The van der Waals surface area contributed by atoms with E-state index in [2.05, 4.69) is 31.2 Å². The number of nitrogens with one attached hydrogen (secondary N) is 1. The van der Waals surface area contributed by atoms with Gasteiger partial charge in [-0.05, 0) is 53.2 Å². The SMILES string of the molecule is Cc1ccc(NC(=O)c2nnn(-c3cccc(F)c3)c2C(F)(F)F)cc1-n1cnnn1. The second-order valence-electron chi connectivity index (χ2n) is 6.39. The maximum Gasteiger partial charge on any atom is 0.435 e. The van der Waals surface area contributed by atoms with E-state index in [4.69, 9.17) is 0 Å². The summed E-state index contributed by atoms with van der Waals surface area (Å²) in [4.78, 5) is 12.6. The fourth-order valence-electron chi connectivity index (χ4n) is 2.87. The fourth-order valence-corrected chi connectivity index (χ4v) is 2.87. The molecule has 0 atom stereocenters. The van der Waals surface area contributed by atoms with Gasteiger partial charge in [0.1, 0.15) is 12.1 Å². The maximum absolute atomic E-state index is 13.7. The Hall–Kier alpha value is -4.16. The van der Waals surface area contributed by atoms with E-state index in [1.165, 1.54) is 35.3 Å². The third kappa shape index (κ3) is 3.97. The molecule has 2 aromatic carbocycles. The summed E-state index contributed by atoms with van der Waals surface area (Å²) in [6.45, 7) is 1.77. The number of anilines is 1. The second kappa shape index (κ2) is 7.59. The van der Waals surface area contributed by atoms with Crippen molar-refractivity contribution in [1.82, 2.24) is 35.2 Å². The van der Waals surface area contributed by atoms with Crippen molar-refractivity contribution < 1.29 is 22.4 Å². The van der Waals surface area contributed by atoms with Crippen LogP contribution in [-0.2, 0) is 6.18 Å². The summed E-state index contributed by atoms with van der Waals surface area (Å²) < 4.78 is 56.4. The van der Waals surface area contributed by atoms with Gasteiger partial charge in [-0.25, -0.2) is 13.8 Å². The highest BCUT2D eigenvalue weighted by atomic mass is 19.4. The molecule has 0 unspecified atom stereocenters. The van der Waals surface area contributed by atoms with Gasteiger partial charge in [0.25, 0.3) is 5.91 Å². The summed E-state index contributed by atoms with van der Waals surface area (Å²) in [5.74, 6) is -1.90. The predicted octanol–water partition coefficient (Wildman–Crippen LogP) is 2.96. The van der Waals surface area contributed by atoms with E-state index in [1.54, 1.807) is 13.0 Å². The first-order valence-electron chi connectivity index (χ1n) is 8.68. The molecule has 0 radical (unpaired) electrons. The van der Waals surface area contributed by atoms with Gasteiger partial charge >= 0.3 is 6.18 Å². The number of carbonyl (C=O) groups is 1. The Labute approximate surface area is 171 Å². The van der Waals surface area contributed by atoms with Crippen molar-refractivity contribution in [1.29, 1.82) is 0 Å². The smallest absolute Gasteiger partial charge is 0.320 e. The van der Waals surface area contributed by atoms with Gasteiger partial charge in [0, 0.05) is 5.69 Å². The highest BCUT2D eigenvalue weighted by Gasteiger charge is 2.42. The molecule has 0 bridgehead atoms. The predicted molar refractivity (Wildman–Crippen MR) is 98.2 cm³/mol. The molecule has 2 heterocycles. The third-order valence-electron chi connectivity index (χ3n) is 4.27. The Morgan fingerprint density at radius 2 is 1.90 bits per heavy atom. The molecule has 0 spiro atoms. The maximum atomic E-state index is 13.7. The highest BCUT2D eigenvalue weighted by Crippen LogP contribution is 2.33. The molecule has 0 saturated carbocycles. The summed E-state index contributed by atoms with van der Waals surface area (Å²) in [5, 5.41) is 20.0. The van der Waals surface area contributed by atoms with Crippen LogP contribution in [0.4, 0.5) is 23.2 Å². The van der Waals surface area contributed by atoms with Crippen LogP contribution < -0.4 is 5.32 Å². The van der Waals surface area contributed by atoms with Gasteiger partial charge in [-0.15, -0.1) is 10.2 Å². The average molecular weight is 432 g/mol. The van der Waals surface area contributed by atoms with Crippen LogP contribution >= 0.6 is 0 Å². The Balaban J connectivity index is 1.71. The van der Waals surface area contributed by atoms with Crippen molar-refractivity contribution in [2.75, 3.05) is 5.32 Å². The number of nitrogens with zero attached hydrogens (tertiary/aromatic N) is 7. The van der Waals surface area contributed by atoms with Gasteiger partial charge < -0.3 is 5.32 Å². The number of amides is 1. The van der Waals surface area contributed by atoms with Crippen LogP contribution in [0.1, 0.15) is 21.7 Å². The number of carbonyl (C=O) groups excluding carboxylic acids is 1. The Kier molecular flexibility index (Phi) is 4.93. The van der Waals surface area contributed by atoms with Crippen LogP contribution in [0.25, 0.3) is 11.4 Å². The van der Waals surface area contributed by atoms with Gasteiger partial charge in [-0.1, -0.05) is 17.3 Å². The molecule has 31 heavy (non-hydrogen) atoms. The van der Waals surface area contributed by atoms with Crippen molar-refractivity contribution >= 4 is 11.6 Å². The highest BCUT2D eigenvalue weighted by molar-refractivity contribution is 6.04. The lowest BCUT2D eigenvalue weighted by molar-refractivity contribution is -0.143. The Morgan fingerprint density at radius 1 is 1.10 bits per heavy atom. The van der Waals surface area contributed by atoms with Crippen LogP contribution in [0, 0.1) is 12.7 Å². The molecule has 13 heteroatoms. The zero-order valence-electron chi connectivity index (χ0n) is 15.7. The Morgan fingerprint density at radius 3 is 2.58 bits per heavy atom. The van der Waals surface area contributed by atoms with E-state index in [1.807, 2.05) is 0 Å². The number of hydrogen-bond donors (Lipinski definition) is 1. The van der Waals surface area contributed by atoms with E-state index < -0.39 is 29.3 Å². The number of rotatable bonds is 4. The van der Waals surface area contributed by atoms with Gasteiger partial charge in [0.15, 0.2) is 11.4 Å². The number of aromatic nitrogens is 7. The minimum absolute atomic E-state index is 0.189. The second-order valence-corrected chi connectivity index (χ2v) is 6.39. The quantitative estimate of drug-likeness (QED) is 0.498. The number of aryl methyl sites for hydroxylation is 1. The van der Waals surface area contributed by atoms with Crippen LogP contribution in [0.3, 0.4) is 0 Å². The fraction of sp³-hybridized carbons (Fsp3) is 0.111. The van der Waals surface area contributed by atoms with Crippen LogP contribution in [0.5, 0.6) is 0 Å². The zero-order chi connectivity index (χ0) is 22.2. The lowest BCUT2D eigenvalue weighted by Gasteiger charge is -2.12. The number of tetrazole rings is 1. The molecule has 158 valence electrons. The molecule has 0 aliphatic carbocycles. The largest absolute Gasteiger partial charge is 0.435 e. The monoisotopic (exact) mass is 432 g/mol. The minimum atomic E-state index is -4.98. The van der Waals surface area contributed by atoms with E-state index in [-0.39, 0.29) is 11.4 Å². The van der Waals surface area contributed by atoms with Gasteiger partial charge in [0.05, 0.1) is 11.4 Å². The standard InChI is InChI=1S/C18H12F4N8O/c1-10-5-6-12(8-14(10)29-9-23-26-28-29)24-17(31)15-16(18(20,21)22)30(27-25-15)13-4-2-3-11(19)7-13/h2-9H,1H3,(H,24,31). The summed E-state index contributed by atoms with van der Waals surface area (Å²) in [7, 11) is 0. The number of alkyl halides is 3. The van der Waals surface area contributed by atoms with Crippen LogP contribution in [0.15, 0.2) is 48.8 Å². The first-order valence-corrected chi connectivity index (χ1v) is 8.68. The molecule has 0 fully saturated rings. The molecule has 0 saturated heterocycles. The minimum Gasteiger partial charge on any atom is -0.320 e. The third-order valence-corrected chi connectivity index (χ3v) is 4.27. The molecule has 2 aromatic heterocycles. The summed E-state index contributed by atoms with van der Waals surface area (Å²) in [6, 6.07) is 9.00. The molecular weight excluding hydrogens is 420 g/mol. The van der Waals surface area contributed by atoms with E-state index in [0.29, 0.717) is 10.4 Å². The molecule has 1 amide bonds. The van der Waals surface area contributed by atoms with Gasteiger partial charge in [-0.3, -0.25) is 4.79 Å². The molecule has 0 aliphatic heterocycles. The molecule has 1 N–H and O–H groups in total. The number of benzene rings is 2. The number of halogens is 4. The summed E-state index contributed by atoms with van der Waals surface area (Å²) >= 11 is 0. The van der Waals surface area contributed by atoms with Crippen LogP contribution in [-0.4, -0.2) is 41.1 Å². The summed E-state index contributed by atoms with van der Waals surface area (Å²) in [6.07, 6.45) is -3.65. The lowest BCUT2D eigenvalue weighted by Crippen LogP contribution is -2.21. The first kappa shape index (κ1) is 20.1. The molecule has 4 aromatic rings. The van der Waals surface area contributed by atoms with E-state index in [9.17, 15) is 22.4 Å². The Bertz CT molecular complexity index is 1250. The van der Waals surface area contributed by atoms with Crippen LogP contribution in [0.2, 0.25) is 0 Å². The normalized spacial score (nSPS) is 11.5. The van der Waals surface area contributed by atoms with Crippen molar-refractivity contribution in [3.63, 3.8) is 0 Å². The lowest BCUT2D eigenvalue weighted by atomic mass is 10.1. The van der Waals surface area contributed by atoms with Crippen molar-refractivity contribution in [2.45, 2.75) is 13.1 Å². The molecule has 4 rings (SSSR count). The van der Waals surface area contributed by atoms with E-state index >= 15 is 0 Å². The van der Waals surface area contributed by atoms with Gasteiger partial charge in [-0.2, -0.15) is 13.2 Å². The first-order chi connectivity index (χ1) is 14.7. The topological polar surface area (TPSA) is 103 Å². The van der Waals surface area contributed by atoms with E-state index in [0.717, 1.165) is 17.7 Å². The molecule has 0 aliphatic rings. The average Bonchev–Trinajstić information content (AvgIpc) is 3.39. The van der Waals surface area contributed by atoms with Crippen molar-refractivity contribution in [2.24, 2.45) is 0 Å². The summed E-state index contributed by atoms with van der Waals surface area (Å²) in [5.41, 5.74) is -1.14. The zero-order valence-corrected chi connectivity index (χ0v) is 15.7.